The molecule has 0 aliphatic carbocycles. The smallest absolute Gasteiger partial charge is 0.246 e. The number of nitrogens with zero attached hydrogens (tertiary/aromatic N) is 2. The van der Waals surface area contributed by atoms with E-state index in [9.17, 15) is 9.18 Å². The lowest BCUT2D eigenvalue weighted by Gasteiger charge is -2.05. The fourth-order valence-corrected chi connectivity index (χ4v) is 2.64. The van der Waals surface area contributed by atoms with Crippen molar-refractivity contribution in [3.63, 3.8) is 0 Å². The molecule has 0 saturated carbocycles. The number of hydrogen-bond acceptors (Lipinski definition) is 4. The summed E-state index contributed by atoms with van der Waals surface area (Å²) in [4.78, 5) is 16.2. The van der Waals surface area contributed by atoms with Gasteiger partial charge in [-0.25, -0.2) is 4.39 Å². The second kappa shape index (κ2) is 8.38. The topological polar surface area (TPSA) is 68.0 Å². The van der Waals surface area contributed by atoms with Crippen LogP contribution in [0.3, 0.4) is 0 Å². The van der Waals surface area contributed by atoms with Crippen molar-refractivity contribution in [2.75, 3.05) is 0 Å². The first-order chi connectivity index (χ1) is 12.6. The zero-order chi connectivity index (χ0) is 18.4. The zero-order valence-electron chi connectivity index (χ0n) is 14.5. The summed E-state index contributed by atoms with van der Waals surface area (Å²) in [6.07, 6.45) is 2.09. The Bertz CT molecular complexity index is 875. The minimum Gasteiger partial charge on any atom is -0.347 e. The van der Waals surface area contributed by atoms with Gasteiger partial charge < -0.3 is 9.84 Å². The number of carbonyl (C=O) groups is 1. The Balaban J connectivity index is 1.45. The third kappa shape index (κ3) is 4.75. The Morgan fingerprint density at radius 3 is 2.69 bits per heavy atom. The van der Waals surface area contributed by atoms with E-state index in [-0.39, 0.29) is 18.3 Å². The summed E-state index contributed by atoms with van der Waals surface area (Å²) in [5, 5.41) is 6.62. The first-order valence-electron chi connectivity index (χ1n) is 8.51. The van der Waals surface area contributed by atoms with Crippen LogP contribution in [0.5, 0.6) is 0 Å². The highest BCUT2D eigenvalue weighted by atomic mass is 19.1. The SMILES string of the molecule is Cc1ccccc1CCCC(=O)NCc1nc(-c2ccc(F)cc2)no1. The summed E-state index contributed by atoms with van der Waals surface area (Å²) in [7, 11) is 0. The molecule has 0 atom stereocenters. The minimum atomic E-state index is -0.324. The number of benzene rings is 2. The van der Waals surface area contributed by atoms with Crippen molar-refractivity contribution in [2.45, 2.75) is 32.7 Å². The lowest BCUT2D eigenvalue weighted by molar-refractivity contribution is -0.121. The Labute approximate surface area is 151 Å². The van der Waals surface area contributed by atoms with Gasteiger partial charge in [0.05, 0.1) is 6.54 Å². The molecule has 0 spiro atoms. The van der Waals surface area contributed by atoms with Gasteiger partial charge in [0.25, 0.3) is 0 Å². The normalized spacial score (nSPS) is 10.7. The maximum atomic E-state index is 12.9. The average Bonchev–Trinajstić information content (AvgIpc) is 3.11. The van der Waals surface area contributed by atoms with Gasteiger partial charge in [0.1, 0.15) is 5.82 Å². The van der Waals surface area contributed by atoms with Crippen molar-refractivity contribution in [1.82, 2.24) is 15.5 Å². The summed E-state index contributed by atoms with van der Waals surface area (Å²) in [6, 6.07) is 14.0. The Hall–Kier alpha value is -3.02. The summed E-state index contributed by atoms with van der Waals surface area (Å²) in [6.45, 7) is 2.25. The molecular weight excluding hydrogens is 333 g/mol. The van der Waals surface area contributed by atoms with Crippen molar-refractivity contribution >= 4 is 5.91 Å². The fraction of sp³-hybridized carbons (Fsp3) is 0.250. The van der Waals surface area contributed by atoms with Gasteiger partial charge in [0, 0.05) is 12.0 Å². The minimum absolute atomic E-state index is 0.0554. The second-order valence-corrected chi connectivity index (χ2v) is 6.08. The van der Waals surface area contributed by atoms with Crippen LogP contribution >= 0.6 is 0 Å². The maximum absolute atomic E-state index is 12.9. The van der Waals surface area contributed by atoms with E-state index in [0.717, 1.165) is 12.8 Å². The first-order valence-corrected chi connectivity index (χ1v) is 8.51. The van der Waals surface area contributed by atoms with Gasteiger partial charge in [-0.05, 0) is 55.2 Å². The van der Waals surface area contributed by atoms with Gasteiger partial charge in [0.2, 0.25) is 17.6 Å². The predicted octanol–water partition coefficient (Wildman–Crippen LogP) is 3.82. The van der Waals surface area contributed by atoms with Crippen LogP contribution in [0.1, 0.15) is 29.9 Å². The Morgan fingerprint density at radius 2 is 1.92 bits per heavy atom. The lowest BCUT2D eigenvalue weighted by Crippen LogP contribution is -2.22. The van der Waals surface area contributed by atoms with Gasteiger partial charge in [-0.1, -0.05) is 29.4 Å². The van der Waals surface area contributed by atoms with Crippen molar-refractivity contribution in [3.05, 3.63) is 71.4 Å². The van der Waals surface area contributed by atoms with Crippen molar-refractivity contribution in [3.8, 4) is 11.4 Å². The van der Waals surface area contributed by atoms with Crippen molar-refractivity contribution in [2.24, 2.45) is 0 Å². The quantitative estimate of drug-likeness (QED) is 0.701. The highest BCUT2D eigenvalue weighted by Gasteiger charge is 2.10. The molecule has 0 aliphatic rings. The number of aromatic nitrogens is 2. The van der Waals surface area contributed by atoms with E-state index in [1.165, 1.54) is 23.3 Å². The fourth-order valence-electron chi connectivity index (χ4n) is 2.64. The standard InChI is InChI=1S/C20H20FN3O2/c1-14-5-2-3-6-15(14)7-4-8-18(25)22-13-19-23-20(24-26-19)16-9-11-17(21)12-10-16/h2-3,5-6,9-12H,4,7-8,13H2,1H3,(H,22,25). The van der Waals surface area contributed by atoms with E-state index in [2.05, 4.69) is 34.5 Å². The van der Waals surface area contributed by atoms with Gasteiger partial charge in [0.15, 0.2) is 0 Å². The van der Waals surface area contributed by atoms with Crippen LogP contribution < -0.4 is 5.32 Å². The molecule has 2 aromatic carbocycles. The van der Waals surface area contributed by atoms with Gasteiger partial charge in [-0.15, -0.1) is 0 Å². The third-order valence-corrected chi connectivity index (χ3v) is 4.12. The number of rotatable bonds is 7. The van der Waals surface area contributed by atoms with E-state index in [1.54, 1.807) is 12.1 Å². The average molecular weight is 353 g/mol. The highest BCUT2D eigenvalue weighted by Crippen LogP contribution is 2.16. The molecule has 26 heavy (non-hydrogen) atoms. The summed E-state index contributed by atoms with van der Waals surface area (Å²) in [5.74, 6) is 0.306. The van der Waals surface area contributed by atoms with Crippen LogP contribution in [0.4, 0.5) is 4.39 Å². The van der Waals surface area contributed by atoms with Gasteiger partial charge in [-0.2, -0.15) is 4.98 Å². The third-order valence-electron chi connectivity index (χ3n) is 4.12. The molecule has 5 nitrogen and oxygen atoms in total. The van der Waals surface area contributed by atoms with E-state index in [4.69, 9.17) is 4.52 Å². The lowest BCUT2D eigenvalue weighted by atomic mass is 10.0. The molecule has 0 aliphatic heterocycles. The first kappa shape index (κ1) is 17.8. The monoisotopic (exact) mass is 353 g/mol. The molecule has 1 aromatic heterocycles. The van der Waals surface area contributed by atoms with Crippen molar-refractivity contribution < 1.29 is 13.7 Å². The highest BCUT2D eigenvalue weighted by molar-refractivity contribution is 5.75. The van der Waals surface area contributed by atoms with E-state index < -0.39 is 0 Å². The van der Waals surface area contributed by atoms with E-state index in [0.29, 0.717) is 23.7 Å². The molecule has 0 radical (unpaired) electrons. The molecular formula is C20H20FN3O2. The van der Waals surface area contributed by atoms with Crippen LogP contribution in [-0.4, -0.2) is 16.0 Å². The molecule has 3 rings (SSSR count). The van der Waals surface area contributed by atoms with Crippen LogP contribution in [0.15, 0.2) is 53.1 Å². The number of amides is 1. The van der Waals surface area contributed by atoms with Gasteiger partial charge >= 0.3 is 0 Å². The molecule has 0 bridgehead atoms. The second-order valence-electron chi connectivity index (χ2n) is 6.08. The van der Waals surface area contributed by atoms with Crippen molar-refractivity contribution in [1.29, 1.82) is 0 Å². The molecule has 1 heterocycles. The molecule has 0 fully saturated rings. The number of nitrogens with one attached hydrogen (secondary N) is 1. The van der Waals surface area contributed by atoms with Gasteiger partial charge in [-0.3, -0.25) is 4.79 Å². The number of aryl methyl sites for hydroxylation is 2. The predicted molar refractivity (Wildman–Crippen MR) is 95.7 cm³/mol. The molecule has 134 valence electrons. The van der Waals surface area contributed by atoms with E-state index in [1.807, 2.05) is 12.1 Å². The molecule has 6 heteroatoms. The summed E-state index contributed by atoms with van der Waals surface area (Å²) < 4.78 is 18.1. The van der Waals surface area contributed by atoms with Crippen LogP contribution in [0.25, 0.3) is 11.4 Å². The number of carbonyl (C=O) groups excluding carboxylic acids is 1. The Kier molecular flexibility index (Phi) is 5.73. The van der Waals surface area contributed by atoms with Crippen LogP contribution in [0, 0.1) is 12.7 Å². The Morgan fingerprint density at radius 1 is 1.15 bits per heavy atom. The van der Waals surface area contributed by atoms with Crippen LogP contribution in [0.2, 0.25) is 0 Å². The molecule has 0 saturated heterocycles. The zero-order valence-corrected chi connectivity index (χ0v) is 14.5. The molecule has 1 N–H and O–H groups in total. The largest absolute Gasteiger partial charge is 0.347 e. The summed E-state index contributed by atoms with van der Waals surface area (Å²) in [5.41, 5.74) is 3.17. The van der Waals surface area contributed by atoms with Crippen LogP contribution in [-0.2, 0) is 17.8 Å². The number of halogens is 1. The number of hydrogen-bond donors (Lipinski definition) is 1. The molecule has 0 unspecified atom stereocenters. The summed E-state index contributed by atoms with van der Waals surface area (Å²) >= 11 is 0. The molecule has 1 amide bonds. The maximum Gasteiger partial charge on any atom is 0.246 e. The van der Waals surface area contributed by atoms with E-state index >= 15 is 0 Å². The molecule has 3 aromatic rings.